The summed E-state index contributed by atoms with van der Waals surface area (Å²) in [6, 6.07) is 0. The molecule has 0 fully saturated rings. The quantitative estimate of drug-likeness (QED) is 0.416. The molecule has 0 aromatic heterocycles. The van der Waals surface area contributed by atoms with Crippen molar-refractivity contribution in [3.8, 4) is 0 Å². The second-order valence-electron chi connectivity index (χ2n) is 1.14. The number of allylic oxidation sites excluding steroid dienone is 3. The van der Waals surface area contributed by atoms with Gasteiger partial charge in [-0.15, -0.1) is 6.92 Å². The summed E-state index contributed by atoms with van der Waals surface area (Å²) in [5.41, 5.74) is 1.11. The van der Waals surface area contributed by atoms with Crippen molar-refractivity contribution in [3.05, 3.63) is 24.3 Å². The van der Waals surface area contributed by atoms with E-state index in [1.54, 1.807) is 6.08 Å². The molecule has 37 valence electrons. The van der Waals surface area contributed by atoms with E-state index in [1.807, 2.05) is 13.8 Å². The van der Waals surface area contributed by atoms with Gasteiger partial charge in [-0.05, 0) is 0 Å². The fourth-order valence-electron chi connectivity index (χ4n) is 0.102. The molecule has 0 atom stereocenters. The van der Waals surface area contributed by atoms with Gasteiger partial charge in [0.1, 0.15) is 0 Å². The molecule has 0 aliphatic heterocycles. The van der Waals surface area contributed by atoms with Crippen molar-refractivity contribution in [2.24, 2.45) is 0 Å². The van der Waals surface area contributed by atoms with Crippen LogP contribution in [0.15, 0.2) is 18.2 Å². The zero-order valence-electron chi connectivity index (χ0n) is 4.86. The van der Waals surface area contributed by atoms with E-state index >= 15 is 0 Å². The number of hydrogen-bond acceptors (Lipinski definition) is 0. The molecular formula is C6H9Y-. The Hall–Kier alpha value is 0.584. The van der Waals surface area contributed by atoms with Crippen LogP contribution in [0.5, 0.6) is 0 Å². The first-order valence-electron chi connectivity index (χ1n) is 1.95. The minimum absolute atomic E-state index is 0. The minimum atomic E-state index is 0. The van der Waals surface area contributed by atoms with E-state index < -0.39 is 0 Å². The Balaban J connectivity index is 0. The number of hydrogen-bond donors (Lipinski definition) is 0. The summed E-state index contributed by atoms with van der Waals surface area (Å²) in [6.07, 6.45) is 4.69. The van der Waals surface area contributed by atoms with Gasteiger partial charge in [0.05, 0.1) is 0 Å². The standard InChI is InChI=1S/C6H9.Y/c1-4-6(3)5-2;/h4H,1H2,2-3H3;/q-1;. The molecule has 0 N–H and O–H groups in total. The Bertz CT molecular complexity index is 72.2. The van der Waals surface area contributed by atoms with Crippen LogP contribution in [0, 0.1) is 6.08 Å². The van der Waals surface area contributed by atoms with Gasteiger partial charge >= 0.3 is 0 Å². The molecule has 7 heavy (non-hydrogen) atoms. The predicted octanol–water partition coefficient (Wildman–Crippen LogP) is 1.94. The van der Waals surface area contributed by atoms with Crippen molar-refractivity contribution < 1.29 is 32.7 Å². The Morgan fingerprint density at radius 3 is 2.14 bits per heavy atom. The molecule has 0 aliphatic carbocycles. The fourth-order valence-corrected chi connectivity index (χ4v) is 0.102. The molecule has 0 heterocycles. The third-order valence-electron chi connectivity index (χ3n) is 0.701. The van der Waals surface area contributed by atoms with Crippen molar-refractivity contribution in [3.63, 3.8) is 0 Å². The molecule has 0 aliphatic rings. The second kappa shape index (κ2) is 6.58. The maximum atomic E-state index is 3.53. The van der Waals surface area contributed by atoms with E-state index in [-0.39, 0.29) is 32.7 Å². The summed E-state index contributed by atoms with van der Waals surface area (Å²) >= 11 is 0. The zero-order valence-corrected chi connectivity index (χ0v) is 7.70. The molecule has 0 saturated heterocycles. The van der Waals surface area contributed by atoms with Crippen LogP contribution in [-0.4, -0.2) is 0 Å². The molecule has 0 aromatic rings. The fraction of sp³-hybridized carbons (Fsp3) is 0.333. The third-order valence-corrected chi connectivity index (χ3v) is 0.701. The second-order valence-corrected chi connectivity index (χ2v) is 1.14. The smallest absolute Gasteiger partial charge is 0 e. The Morgan fingerprint density at radius 1 is 1.71 bits per heavy atom. The summed E-state index contributed by atoms with van der Waals surface area (Å²) in [7, 11) is 0. The molecule has 0 saturated carbocycles. The molecule has 0 aromatic carbocycles. The maximum Gasteiger partial charge on any atom is 0 e. The molecule has 0 unspecified atom stereocenters. The first-order chi connectivity index (χ1) is 2.81. The van der Waals surface area contributed by atoms with Crippen LogP contribution in [0.1, 0.15) is 13.8 Å². The topological polar surface area (TPSA) is 0 Å². The summed E-state index contributed by atoms with van der Waals surface area (Å²) in [6.45, 7) is 7.37. The van der Waals surface area contributed by atoms with E-state index in [9.17, 15) is 0 Å². The molecule has 0 bridgehead atoms. The monoisotopic (exact) mass is 170 g/mol. The Kier molecular flexibility index (Phi) is 9.92. The van der Waals surface area contributed by atoms with Crippen molar-refractivity contribution in [1.29, 1.82) is 0 Å². The van der Waals surface area contributed by atoms with Crippen molar-refractivity contribution in [1.82, 2.24) is 0 Å². The van der Waals surface area contributed by atoms with Crippen LogP contribution in [0.2, 0.25) is 0 Å². The van der Waals surface area contributed by atoms with Crippen LogP contribution in [0.25, 0.3) is 0 Å². The molecule has 0 amide bonds. The van der Waals surface area contributed by atoms with Gasteiger partial charge in [-0.3, -0.25) is 6.08 Å². The summed E-state index contributed by atoms with van der Waals surface area (Å²) < 4.78 is 0. The van der Waals surface area contributed by atoms with Gasteiger partial charge in [0, 0.05) is 32.7 Å². The first-order valence-corrected chi connectivity index (χ1v) is 1.95. The Labute approximate surface area is 70.6 Å². The van der Waals surface area contributed by atoms with Gasteiger partial charge in [0.15, 0.2) is 0 Å². The van der Waals surface area contributed by atoms with E-state index in [0.29, 0.717) is 0 Å². The molecule has 1 radical (unpaired) electrons. The average molecular weight is 170 g/mol. The third kappa shape index (κ3) is 6.58. The molecule has 0 nitrogen and oxygen atoms in total. The normalized spacial score (nSPS) is 9.71. The molecular weight excluding hydrogens is 161 g/mol. The molecule has 1 heteroatoms. The predicted molar refractivity (Wildman–Crippen MR) is 28.3 cm³/mol. The van der Waals surface area contributed by atoms with Crippen LogP contribution in [0.3, 0.4) is 0 Å². The Morgan fingerprint density at radius 2 is 2.14 bits per heavy atom. The zero-order chi connectivity index (χ0) is 4.99. The first kappa shape index (κ1) is 10.5. The van der Waals surface area contributed by atoms with Gasteiger partial charge in [-0.1, -0.05) is 6.92 Å². The van der Waals surface area contributed by atoms with Crippen molar-refractivity contribution in [2.75, 3.05) is 0 Å². The summed E-state index contributed by atoms with van der Waals surface area (Å²) in [5, 5.41) is 0. The molecule has 0 spiro atoms. The van der Waals surface area contributed by atoms with Crippen LogP contribution in [-0.2, 0) is 32.7 Å². The van der Waals surface area contributed by atoms with Crippen LogP contribution >= 0.6 is 0 Å². The van der Waals surface area contributed by atoms with Crippen LogP contribution < -0.4 is 0 Å². The van der Waals surface area contributed by atoms with Gasteiger partial charge in [0.2, 0.25) is 0 Å². The summed E-state index contributed by atoms with van der Waals surface area (Å²) in [4.78, 5) is 0. The average Bonchev–Trinajstić information content (AvgIpc) is 1.65. The van der Waals surface area contributed by atoms with E-state index in [4.69, 9.17) is 0 Å². The van der Waals surface area contributed by atoms with Gasteiger partial charge < -0.3 is 0 Å². The van der Waals surface area contributed by atoms with E-state index in [1.165, 1.54) is 0 Å². The SMILES string of the molecule is C=CC(C)=[C-]C.[Y]. The minimum Gasteiger partial charge on any atom is -0.275 e. The van der Waals surface area contributed by atoms with Gasteiger partial charge in [-0.25, -0.2) is 11.6 Å². The summed E-state index contributed by atoms with van der Waals surface area (Å²) in [5.74, 6) is 0. The van der Waals surface area contributed by atoms with Gasteiger partial charge in [0.25, 0.3) is 0 Å². The molecule has 0 rings (SSSR count). The van der Waals surface area contributed by atoms with E-state index in [2.05, 4.69) is 12.7 Å². The largest absolute Gasteiger partial charge is 0.275 e. The van der Waals surface area contributed by atoms with Crippen molar-refractivity contribution >= 4 is 0 Å². The maximum absolute atomic E-state index is 3.53. The van der Waals surface area contributed by atoms with Gasteiger partial charge in [-0.2, -0.15) is 6.58 Å². The number of rotatable bonds is 1. The van der Waals surface area contributed by atoms with E-state index in [0.717, 1.165) is 5.57 Å². The van der Waals surface area contributed by atoms with Crippen molar-refractivity contribution in [2.45, 2.75) is 13.8 Å². The van der Waals surface area contributed by atoms with Crippen LogP contribution in [0.4, 0.5) is 0 Å².